The number of carbonyl (C=O) groups is 2. The fourth-order valence-corrected chi connectivity index (χ4v) is 7.32. The maximum Gasteiger partial charge on any atom is 0.330 e. The molecule has 2 saturated carbocycles. The number of imide groups is 1. The maximum atomic E-state index is 14.6. The Morgan fingerprint density at radius 3 is 2.63 bits per heavy atom. The standard InChI is InChI=1S/C32H41F2N5O2/c1-19-15-22(19)16-24-17-29(26-10-11-27(33)30(34)20(26)2)39(32(41)37-24)31(40)36-23-12-14-38(18-23)25-8-6-21(7-9-25)28-5-3-4-13-35-28/h3-5,10-11,13,17,19-23,25-26,29H,6-9,12,14-16,18H2,1-2H3,(H,36,40)(H,37,41)/t19-,20?,21?,22?,23?,25?,26?,29?/m1/s1. The lowest BCUT2D eigenvalue weighted by molar-refractivity contribution is 0.152. The SMILES string of the molecule is CC1C(F)=C(F)C=CC1C1C=C(CC2C[C@H]2C)NC(=O)N1C(=O)NC1CCN(C2CCC(c3ccccn3)CC2)C1. The molecule has 6 rings (SSSR count). The summed E-state index contributed by atoms with van der Waals surface area (Å²) in [6.45, 7) is 5.44. The lowest BCUT2D eigenvalue weighted by Gasteiger charge is -2.40. The van der Waals surface area contributed by atoms with Crippen molar-refractivity contribution in [1.29, 1.82) is 0 Å². The number of likely N-dealkylation sites (tertiary alicyclic amines) is 1. The van der Waals surface area contributed by atoms with Gasteiger partial charge in [0.2, 0.25) is 0 Å². The second-order valence-corrected chi connectivity index (χ2v) is 12.8. The molecule has 41 heavy (non-hydrogen) atoms. The molecule has 3 aliphatic carbocycles. The summed E-state index contributed by atoms with van der Waals surface area (Å²) in [5, 5.41) is 6.02. The molecule has 2 N–H and O–H groups in total. The largest absolute Gasteiger partial charge is 0.333 e. The molecular weight excluding hydrogens is 524 g/mol. The number of allylic oxidation sites excluding steroid dienone is 4. The van der Waals surface area contributed by atoms with Gasteiger partial charge in [0.25, 0.3) is 0 Å². The van der Waals surface area contributed by atoms with E-state index in [1.54, 1.807) is 13.0 Å². The second-order valence-electron chi connectivity index (χ2n) is 12.8. The lowest BCUT2D eigenvalue weighted by Crippen LogP contribution is -2.59. The van der Waals surface area contributed by atoms with Crippen molar-refractivity contribution in [3.8, 4) is 0 Å². The molecule has 4 amide bonds. The zero-order valence-electron chi connectivity index (χ0n) is 23.9. The van der Waals surface area contributed by atoms with Gasteiger partial charge >= 0.3 is 12.1 Å². The highest BCUT2D eigenvalue weighted by Gasteiger charge is 2.44. The first-order valence-corrected chi connectivity index (χ1v) is 15.3. The van der Waals surface area contributed by atoms with Crippen LogP contribution >= 0.6 is 0 Å². The third-order valence-electron chi connectivity index (χ3n) is 10.1. The van der Waals surface area contributed by atoms with Crippen molar-refractivity contribution in [3.05, 3.63) is 65.7 Å². The van der Waals surface area contributed by atoms with Gasteiger partial charge < -0.3 is 10.6 Å². The number of hydrogen-bond donors (Lipinski definition) is 2. The van der Waals surface area contributed by atoms with Crippen molar-refractivity contribution < 1.29 is 18.4 Å². The fourth-order valence-electron chi connectivity index (χ4n) is 7.32. The Hall–Kier alpha value is -3.07. The molecule has 7 nitrogen and oxygen atoms in total. The minimum Gasteiger partial charge on any atom is -0.333 e. The van der Waals surface area contributed by atoms with Crippen molar-refractivity contribution in [2.45, 2.75) is 82.8 Å². The van der Waals surface area contributed by atoms with E-state index in [0.29, 0.717) is 23.8 Å². The number of nitrogens with one attached hydrogen (secondary N) is 2. The smallest absolute Gasteiger partial charge is 0.330 e. The second kappa shape index (κ2) is 11.7. The summed E-state index contributed by atoms with van der Waals surface area (Å²) in [5.74, 6) is -1.45. The monoisotopic (exact) mass is 565 g/mol. The molecule has 0 spiro atoms. The Morgan fingerprint density at radius 1 is 1.15 bits per heavy atom. The Labute approximate surface area is 241 Å². The van der Waals surface area contributed by atoms with Gasteiger partial charge in [-0.1, -0.05) is 26.0 Å². The molecule has 5 aliphatic rings. The first kappa shape index (κ1) is 28.1. The molecule has 6 atom stereocenters. The topological polar surface area (TPSA) is 77.6 Å². The van der Waals surface area contributed by atoms with Crippen molar-refractivity contribution in [2.75, 3.05) is 13.1 Å². The van der Waals surface area contributed by atoms with E-state index in [9.17, 15) is 18.4 Å². The van der Waals surface area contributed by atoms with Gasteiger partial charge in [-0.25, -0.2) is 23.3 Å². The highest BCUT2D eigenvalue weighted by atomic mass is 19.2. The third-order valence-corrected chi connectivity index (χ3v) is 10.1. The van der Waals surface area contributed by atoms with Gasteiger partial charge in [0.05, 0.1) is 6.04 Å². The molecule has 2 aliphatic heterocycles. The first-order chi connectivity index (χ1) is 19.8. The molecule has 0 radical (unpaired) electrons. The number of carbonyl (C=O) groups excluding carboxylic acids is 2. The number of nitrogens with zero attached hydrogens (tertiary/aromatic N) is 3. The van der Waals surface area contributed by atoms with E-state index >= 15 is 0 Å². The molecule has 1 aromatic heterocycles. The van der Waals surface area contributed by atoms with Crippen LogP contribution in [0.5, 0.6) is 0 Å². The van der Waals surface area contributed by atoms with Gasteiger partial charge in [-0.05, 0) is 81.1 Å². The van der Waals surface area contributed by atoms with Crippen molar-refractivity contribution in [3.63, 3.8) is 0 Å². The van der Waals surface area contributed by atoms with Gasteiger partial charge in [0, 0.05) is 60.5 Å². The summed E-state index contributed by atoms with van der Waals surface area (Å²) in [6.07, 6.45) is 13.5. The molecule has 0 aromatic carbocycles. The van der Waals surface area contributed by atoms with Gasteiger partial charge in [0.1, 0.15) is 5.83 Å². The van der Waals surface area contributed by atoms with Crippen molar-refractivity contribution in [1.82, 2.24) is 25.4 Å². The normalized spacial score (nSPS) is 35.8. The Balaban J connectivity index is 1.10. The molecule has 3 fully saturated rings. The highest BCUT2D eigenvalue weighted by molar-refractivity contribution is 5.96. The molecule has 220 valence electrons. The van der Waals surface area contributed by atoms with E-state index in [0.717, 1.165) is 69.8 Å². The molecular formula is C32H41F2N5O2. The fraction of sp³-hybridized carbons (Fsp3) is 0.594. The zero-order chi connectivity index (χ0) is 28.7. The number of aromatic nitrogens is 1. The zero-order valence-corrected chi connectivity index (χ0v) is 23.9. The molecule has 1 saturated heterocycles. The van der Waals surface area contributed by atoms with E-state index in [1.165, 1.54) is 10.6 Å². The number of hydrogen-bond acceptors (Lipinski definition) is 4. The van der Waals surface area contributed by atoms with Gasteiger partial charge in [-0.2, -0.15) is 0 Å². The molecule has 5 unspecified atom stereocenters. The van der Waals surface area contributed by atoms with Crippen LogP contribution in [0.4, 0.5) is 18.4 Å². The predicted octanol–water partition coefficient (Wildman–Crippen LogP) is 6.19. The van der Waals surface area contributed by atoms with Crippen LogP contribution in [0, 0.1) is 23.7 Å². The summed E-state index contributed by atoms with van der Waals surface area (Å²) < 4.78 is 28.6. The number of pyridine rings is 1. The van der Waals surface area contributed by atoms with Crippen molar-refractivity contribution in [2.24, 2.45) is 23.7 Å². The molecule has 1 aromatic rings. The van der Waals surface area contributed by atoms with E-state index in [1.807, 2.05) is 18.3 Å². The highest BCUT2D eigenvalue weighted by Crippen LogP contribution is 2.43. The molecule has 3 heterocycles. The van der Waals surface area contributed by atoms with Crippen molar-refractivity contribution >= 4 is 12.1 Å². The van der Waals surface area contributed by atoms with Crippen LogP contribution in [0.15, 0.2) is 60.0 Å². The summed E-state index contributed by atoms with van der Waals surface area (Å²) >= 11 is 0. The first-order valence-electron chi connectivity index (χ1n) is 15.3. The van der Waals surface area contributed by atoms with Gasteiger partial charge in [-0.3, -0.25) is 9.88 Å². The third kappa shape index (κ3) is 5.96. The number of rotatable bonds is 6. The van der Waals surface area contributed by atoms with Crippen LogP contribution in [0.3, 0.4) is 0 Å². The Bertz CT molecular complexity index is 1240. The minimum absolute atomic E-state index is 0.0736. The Kier molecular flexibility index (Phi) is 7.99. The summed E-state index contributed by atoms with van der Waals surface area (Å²) in [4.78, 5) is 35.2. The lowest BCUT2D eigenvalue weighted by atomic mass is 9.81. The summed E-state index contributed by atoms with van der Waals surface area (Å²) in [6, 6.07) is 4.85. The minimum atomic E-state index is -0.888. The number of urea groups is 2. The van der Waals surface area contributed by atoms with Crippen LogP contribution in [0.25, 0.3) is 0 Å². The van der Waals surface area contributed by atoms with Gasteiger partial charge in [0.15, 0.2) is 5.83 Å². The van der Waals surface area contributed by atoms with Crippen LogP contribution in [0.1, 0.15) is 70.4 Å². The molecule has 9 heteroatoms. The van der Waals surface area contributed by atoms with Crippen LogP contribution in [0.2, 0.25) is 0 Å². The quantitative estimate of drug-likeness (QED) is 0.431. The van der Waals surface area contributed by atoms with E-state index < -0.39 is 41.6 Å². The summed E-state index contributed by atoms with van der Waals surface area (Å²) in [5.41, 5.74) is 1.94. The van der Waals surface area contributed by atoms with E-state index in [4.69, 9.17) is 0 Å². The number of amides is 4. The summed E-state index contributed by atoms with van der Waals surface area (Å²) in [7, 11) is 0. The van der Waals surface area contributed by atoms with Crippen LogP contribution < -0.4 is 10.6 Å². The Morgan fingerprint density at radius 2 is 1.93 bits per heavy atom. The van der Waals surface area contributed by atoms with Gasteiger partial charge in [-0.15, -0.1) is 0 Å². The molecule has 0 bridgehead atoms. The van der Waals surface area contributed by atoms with E-state index in [-0.39, 0.29) is 6.04 Å². The van der Waals surface area contributed by atoms with E-state index in [2.05, 4.69) is 39.6 Å². The number of halogens is 2. The van der Waals surface area contributed by atoms with Crippen LogP contribution in [-0.4, -0.2) is 58.1 Å². The average Bonchev–Trinajstić information content (AvgIpc) is 3.46. The predicted molar refractivity (Wildman–Crippen MR) is 153 cm³/mol. The maximum absolute atomic E-state index is 14.6. The van der Waals surface area contributed by atoms with Crippen LogP contribution in [-0.2, 0) is 0 Å². The average molecular weight is 566 g/mol.